The minimum Gasteiger partial charge on any atom is -0.452 e. The van der Waals surface area contributed by atoms with Gasteiger partial charge in [-0.15, -0.1) is 0 Å². The van der Waals surface area contributed by atoms with Gasteiger partial charge in [-0.1, -0.05) is 24.3 Å². The molecule has 1 amide bonds. The van der Waals surface area contributed by atoms with Gasteiger partial charge in [-0.3, -0.25) is 9.52 Å². The molecule has 0 bridgehead atoms. The van der Waals surface area contributed by atoms with Crippen molar-refractivity contribution < 1.29 is 22.7 Å². The molecule has 8 heteroatoms. The molecule has 0 aliphatic rings. The largest absolute Gasteiger partial charge is 0.452 e. The number of anilines is 2. The summed E-state index contributed by atoms with van der Waals surface area (Å²) < 4.78 is 29.7. The van der Waals surface area contributed by atoms with Crippen LogP contribution in [0.4, 0.5) is 11.4 Å². The van der Waals surface area contributed by atoms with E-state index in [1.807, 2.05) is 19.1 Å². The van der Waals surface area contributed by atoms with Crippen LogP contribution < -0.4 is 10.0 Å². The topological polar surface area (TPSA) is 102 Å². The molecule has 132 valence electrons. The van der Waals surface area contributed by atoms with Crippen molar-refractivity contribution in [3.8, 4) is 0 Å². The maximum absolute atomic E-state index is 12.0. The summed E-state index contributed by atoms with van der Waals surface area (Å²) in [6.45, 7) is 1.40. The number of rotatable bonds is 6. The molecule has 2 aromatic rings. The van der Waals surface area contributed by atoms with E-state index in [0.29, 0.717) is 5.69 Å². The van der Waals surface area contributed by atoms with Gasteiger partial charge in [0, 0.05) is 11.4 Å². The lowest BCUT2D eigenvalue weighted by Crippen LogP contribution is -2.21. The number of esters is 1. The van der Waals surface area contributed by atoms with E-state index in [0.717, 1.165) is 11.8 Å². The number of hydrogen-bond acceptors (Lipinski definition) is 5. The van der Waals surface area contributed by atoms with Gasteiger partial charge in [-0.2, -0.15) is 0 Å². The first-order chi connectivity index (χ1) is 11.7. The lowest BCUT2D eigenvalue weighted by molar-refractivity contribution is -0.119. The Morgan fingerprint density at radius 3 is 2.48 bits per heavy atom. The van der Waals surface area contributed by atoms with E-state index < -0.39 is 28.5 Å². The zero-order valence-corrected chi connectivity index (χ0v) is 14.6. The van der Waals surface area contributed by atoms with Crippen LogP contribution in [-0.4, -0.2) is 33.2 Å². The van der Waals surface area contributed by atoms with Gasteiger partial charge in [0.15, 0.2) is 6.61 Å². The van der Waals surface area contributed by atoms with Crippen LogP contribution in [0.3, 0.4) is 0 Å². The lowest BCUT2D eigenvalue weighted by Gasteiger charge is -2.09. The Bertz CT molecular complexity index is 893. The molecule has 0 saturated carbocycles. The van der Waals surface area contributed by atoms with Gasteiger partial charge in [0.2, 0.25) is 10.0 Å². The zero-order valence-electron chi connectivity index (χ0n) is 13.8. The van der Waals surface area contributed by atoms with Gasteiger partial charge in [0.1, 0.15) is 0 Å². The molecule has 0 atom stereocenters. The molecule has 2 aromatic carbocycles. The molecule has 7 nitrogen and oxygen atoms in total. The summed E-state index contributed by atoms with van der Waals surface area (Å²) in [5, 5.41) is 2.65. The average molecular weight is 362 g/mol. The Kier molecular flexibility index (Phi) is 5.76. The van der Waals surface area contributed by atoms with Crippen molar-refractivity contribution in [1.29, 1.82) is 0 Å². The van der Waals surface area contributed by atoms with Gasteiger partial charge in [-0.25, -0.2) is 13.2 Å². The molecule has 2 rings (SSSR count). The summed E-state index contributed by atoms with van der Waals surface area (Å²) in [4.78, 5) is 23.9. The van der Waals surface area contributed by atoms with Gasteiger partial charge in [0.05, 0.1) is 11.8 Å². The molecule has 0 fully saturated rings. The van der Waals surface area contributed by atoms with E-state index in [9.17, 15) is 18.0 Å². The minimum atomic E-state index is -3.45. The van der Waals surface area contributed by atoms with Crippen LogP contribution in [0.15, 0.2) is 48.5 Å². The summed E-state index contributed by atoms with van der Waals surface area (Å²) in [6, 6.07) is 13.0. The van der Waals surface area contributed by atoms with Crippen molar-refractivity contribution in [2.45, 2.75) is 6.92 Å². The van der Waals surface area contributed by atoms with Crippen molar-refractivity contribution in [1.82, 2.24) is 0 Å². The summed E-state index contributed by atoms with van der Waals surface area (Å²) in [7, 11) is -3.45. The number of ether oxygens (including phenoxy) is 1. The molecular formula is C17H18N2O5S. The number of aryl methyl sites for hydroxylation is 1. The van der Waals surface area contributed by atoms with Crippen molar-refractivity contribution in [2.24, 2.45) is 0 Å². The molecule has 25 heavy (non-hydrogen) atoms. The highest BCUT2D eigenvalue weighted by Crippen LogP contribution is 2.14. The number of carbonyl (C=O) groups is 2. The number of hydrogen-bond donors (Lipinski definition) is 2. The van der Waals surface area contributed by atoms with Crippen molar-refractivity contribution in [3.63, 3.8) is 0 Å². The molecule has 0 radical (unpaired) electrons. The SMILES string of the molecule is Cc1ccccc1NC(=O)COC(=O)c1cccc(NS(C)(=O)=O)c1. The van der Waals surface area contributed by atoms with Crippen LogP contribution in [0, 0.1) is 6.92 Å². The van der Waals surface area contributed by atoms with Crippen LogP contribution >= 0.6 is 0 Å². The summed E-state index contributed by atoms with van der Waals surface area (Å²) in [5.41, 5.74) is 1.91. The van der Waals surface area contributed by atoms with Crippen LogP contribution in [0.1, 0.15) is 15.9 Å². The molecule has 0 aliphatic carbocycles. The highest BCUT2D eigenvalue weighted by Gasteiger charge is 2.12. The molecule has 0 aromatic heterocycles. The fraction of sp³-hybridized carbons (Fsp3) is 0.176. The molecule has 0 saturated heterocycles. The standard InChI is InChI=1S/C17H18N2O5S/c1-12-6-3-4-9-15(12)18-16(20)11-24-17(21)13-7-5-8-14(10-13)19-25(2,22)23/h3-10,19H,11H2,1-2H3,(H,18,20). The van der Waals surface area contributed by atoms with E-state index in [4.69, 9.17) is 4.74 Å². The first-order valence-electron chi connectivity index (χ1n) is 7.35. The molecule has 0 heterocycles. The third kappa shape index (κ3) is 5.92. The van der Waals surface area contributed by atoms with E-state index >= 15 is 0 Å². The molecular weight excluding hydrogens is 344 g/mol. The monoisotopic (exact) mass is 362 g/mol. The molecule has 2 N–H and O–H groups in total. The zero-order chi connectivity index (χ0) is 18.4. The van der Waals surface area contributed by atoms with Crippen molar-refractivity contribution >= 4 is 33.3 Å². The Labute approximate surface area is 146 Å². The average Bonchev–Trinajstić information content (AvgIpc) is 2.53. The number of carbonyl (C=O) groups excluding carboxylic acids is 2. The van der Waals surface area contributed by atoms with Crippen LogP contribution in [0.2, 0.25) is 0 Å². The number of nitrogens with one attached hydrogen (secondary N) is 2. The van der Waals surface area contributed by atoms with E-state index in [1.165, 1.54) is 24.3 Å². The number of sulfonamides is 1. The molecule has 0 aliphatic heterocycles. The summed E-state index contributed by atoms with van der Waals surface area (Å²) in [5.74, 6) is -1.19. The minimum absolute atomic E-state index is 0.136. The van der Waals surface area contributed by atoms with E-state index in [2.05, 4.69) is 10.0 Å². The Hall–Kier alpha value is -2.87. The highest BCUT2D eigenvalue weighted by molar-refractivity contribution is 7.92. The third-order valence-corrected chi connectivity index (χ3v) is 3.76. The van der Waals surface area contributed by atoms with Gasteiger partial charge >= 0.3 is 5.97 Å². The second kappa shape index (κ2) is 7.80. The Morgan fingerprint density at radius 2 is 1.80 bits per heavy atom. The fourth-order valence-corrected chi connectivity index (χ4v) is 2.59. The molecule has 0 unspecified atom stereocenters. The normalized spacial score (nSPS) is 10.8. The third-order valence-electron chi connectivity index (χ3n) is 3.16. The first kappa shape index (κ1) is 18.5. The number of para-hydroxylation sites is 1. The fourth-order valence-electron chi connectivity index (χ4n) is 2.04. The maximum atomic E-state index is 12.0. The lowest BCUT2D eigenvalue weighted by atomic mass is 10.2. The van der Waals surface area contributed by atoms with Crippen LogP contribution in [0.25, 0.3) is 0 Å². The Balaban J connectivity index is 1.95. The van der Waals surface area contributed by atoms with Crippen molar-refractivity contribution in [3.05, 3.63) is 59.7 Å². The van der Waals surface area contributed by atoms with Gasteiger partial charge in [0.25, 0.3) is 5.91 Å². The summed E-state index contributed by atoms with van der Waals surface area (Å²) >= 11 is 0. The molecule has 0 spiro atoms. The smallest absolute Gasteiger partial charge is 0.338 e. The maximum Gasteiger partial charge on any atom is 0.338 e. The highest BCUT2D eigenvalue weighted by atomic mass is 32.2. The van der Waals surface area contributed by atoms with Crippen molar-refractivity contribution in [2.75, 3.05) is 22.9 Å². The van der Waals surface area contributed by atoms with Gasteiger partial charge in [-0.05, 0) is 36.8 Å². The van der Waals surface area contributed by atoms with Crippen LogP contribution in [0.5, 0.6) is 0 Å². The van der Waals surface area contributed by atoms with E-state index in [-0.39, 0.29) is 11.3 Å². The predicted molar refractivity (Wildman–Crippen MR) is 95.0 cm³/mol. The second-order valence-corrected chi connectivity index (χ2v) is 7.14. The Morgan fingerprint density at radius 1 is 1.08 bits per heavy atom. The quantitative estimate of drug-likeness (QED) is 0.767. The second-order valence-electron chi connectivity index (χ2n) is 5.39. The predicted octanol–water partition coefficient (Wildman–Crippen LogP) is 2.16. The van der Waals surface area contributed by atoms with Crippen LogP contribution in [-0.2, 0) is 19.6 Å². The first-order valence-corrected chi connectivity index (χ1v) is 9.24. The summed E-state index contributed by atoms with van der Waals surface area (Å²) in [6.07, 6.45) is 1.01. The van der Waals surface area contributed by atoms with E-state index in [1.54, 1.807) is 12.1 Å². The van der Waals surface area contributed by atoms with Gasteiger partial charge < -0.3 is 10.1 Å². The number of amides is 1. The number of benzene rings is 2.